The van der Waals surface area contributed by atoms with Crippen LogP contribution >= 0.6 is 0 Å². The summed E-state index contributed by atoms with van der Waals surface area (Å²) in [6, 6.07) is 3.54. The minimum absolute atomic E-state index is 0.139. The van der Waals surface area contributed by atoms with Crippen molar-refractivity contribution in [2.45, 2.75) is 56.7 Å². The Balaban J connectivity index is 1.74. The van der Waals surface area contributed by atoms with Crippen molar-refractivity contribution >= 4 is 15.7 Å². The number of sulfone groups is 1. The van der Waals surface area contributed by atoms with E-state index in [1.807, 2.05) is 12.1 Å². The molecule has 0 aromatic carbocycles. The highest BCUT2D eigenvalue weighted by Crippen LogP contribution is 2.35. The van der Waals surface area contributed by atoms with Crippen LogP contribution in [-0.4, -0.2) is 36.8 Å². The Kier molecular flexibility index (Phi) is 4.80. The van der Waals surface area contributed by atoms with Gasteiger partial charge in [-0.25, -0.2) is 8.42 Å². The van der Waals surface area contributed by atoms with Crippen molar-refractivity contribution in [1.82, 2.24) is 4.90 Å². The zero-order chi connectivity index (χ0) is 16.4. The van der Waals surface area contributed by atoms with E-state index in [0.717, 1.165) is 31.4 Å². The Morgan fingerprint density at radius 1 is 1.30 bits per heavy atom. The number of furan rings is 1. The van der Waals surface area contributed by atoms with Gasteiger partial charge in [0.25, 0.3) is 0 Å². The van der Waals surface area contributed by atoms with Crippen molar-refractivity contribution in [1.29, 1.82) is 0 Å². The topological polar surface area (TPSA) is 67.6 Å². The van der Waals surface area contributed by atoms with Crippen LogP contribution < -0.4 is 0 Å². The van der Waals surface area contributed by atoms with E-state index in [0.29, 0.717) is 25.3 Å². The van der Waals surface area contributed by atoms with Crippen LogP contribution in [0.3, 0.4) is 0 Å². The Labute approximate surface area is 138 Å². The highest BCUT2D eigenvalue weighted by Gasteiger charge is 2.37. The summed E-state index contributed by atoms with van der Waals surface area (Å²) >= 11 is 0. The second-order valence-corrected chi connectivity index (χ2v) is 9.24. The van der Waals surface area contributed by atoms with Gasteiger partial charge in [-0.3, -0.25) is 4.79 Å². The molecule has 1 saturated heterocycles. The number of piperidine rings is 1. The summed E-state index contributed by atoms with van der Waals surface area (Å²) in [4.78, 5) is 14.4. The van der Waals surface area contributed by atoms with Gasteiger partial charge in [-0.15, -0.1) is 0 Å². The first-order chi connectivity index (χ1) is 11.0. The smallest absolute Gasteiger partial charge is 0.238 e. The van der Waals surface area contributed by atoms with E-state index in [2.05, 4.69) is 6.92 Å². The molecule has 0 N–H and O–H groups in total. The van der Waals surface area contributed by atoms with Crippen LogP contribution in [0.1, 0.15) is 57.3 Å². The van der Waals surface area contributed by atoms with Crippen molar-refractivity contribution in [3.63, 3.8) is 0 Å². The Hall–Kier alpha value is -1.30. The zero-order valence-corrected chi connectivity index (χ0v) is 14.4. The molecule has 1 amide bonds. The molecule has 23 heavy (non-hydrogen) atoms. The summed E-state index contributed by atoms with van der Waals surface area (Å²) in [6.07, 6.45) is 6.65. The van der Waals surface area contributed by atoms with Crippen LogP contribution in [0.15, 0.2) is 22.8 Å². The quantitative estimate of drug-likeness (QED) is 0.846. The maximum absolute atomic E-state index is 12.7. The molecule has 3 rings (SSSR count). The first-order valence-corrected chi connectivity index (χ1v) is 10.2. The van der Waals surface area contributed by atoms with Gasteiger partial charge in [0.15, 0.2) is 9.84 Å². The maximum Gasteiger partial charge on any atom is 0.238 e. The molecule has 0 unspecified atom stereocenters. The fourth-order valence-electron chi connectivity index (χ4n) is 3.81. The summed E-state index contributed by atoms with van der Waals surface area (Å²) in [5.41, 5.74) is 0. The van der Waals surface area contributed by atoms with Gasteiger partial charge in [0, 0.05) is 6.54 Å². The minimum atomic E-state index is -3.34. The second kappa shape index (κ2) is 6.67. The predicted molar refractivity (Wildman–Crippen MR) is 87.6 cm³/mol. The van der Waals surface area contributed by atoms with Gasteiger partial charge in [-0.05, 0) is 43.7 Å². The van der Waals surface area contributed by atoms with Crippen LogP contribution in [0, 0.1) is 5.92 Å². The van der Waals surface area contributed by atoms with E-state index < -0.39 is 9.84 Å². The molecule has 6 heteroatoms. The van der Waals surface area contributed by atoms with E-state index in [1.165, 1.54) is 0 Å². The van der Waals surface area contributed by atoms with Gasteiger partial charge in [0.1, 0.15) is 11.5 Å². The maximum atomic E-state index is 12.7. The number of amides is 1. The number of hydrogen-bond acceptors (Lipinski definition) is 4. The first kappa shape index (κ1) is 16.6. The van der Waals surface area contributed by atoms with Gasteiger partial charge in [0.2, 0.25) is 5.91 Å². The van der Waals surface area contributed by atoms with Gasteiger partial charge in [-0.1, -0.05) is 19.8 Å². The molecule has 1 saturated carbocycles. The molecule has 128 valence electrons. The fourth-order valence-corrected chi connectivity index (χ4v) is 5.61. The second-order valence-electron chi connectivity index (χ2n) is 6.96. The van der Waals surface area contributed by atoms with E-state index in [1.54, 1.807) is 11.2 Å². The molecule has 0 bridgehead atoms. The lowest BCUT2D eigenvalue weighted by atomic mass is 9.91. The van der Waals surface area contributed by atoms with E-state index in [9.17, 15) is 13.2 Å². The van der Waals surface area contributed by atoms with Crippen LogP contribution in [0.4, 0.5) is 0 Å². The molecule has 1 aromatic heterocycles. The van der Waals surface area contributed by atoms with Gasteiger partial charge >= 0.3 is 0 Å². The van der Waals surface area contributed by atoms with E-state index in [4.69, 9.17) is 4.42 Å². The Morgan fingerprint density at radius 3 is 2.70 bits per heavy atom. The molecule has 0 radical (unpaired) electrons. The number of carbonyl (C=O) groups is 1. The number of hydrogen-bond donors (Lipinski definition) is 0. The molecule has 5 nitrogen and oxygen atoms in total. The molecule has 2 heterocycles. The normalized spacial score (nSPS) is 26.6. The third-order valence-electron chi connectivity index (χ3n) is 5.19. The third kappa shape index (κ3) is 3.62. The van der Waals surface area contributed by atoms with Crippen molar-refractivity contribution in [3.05, 3.63) is 24.2 Å². The Morgan fingerprint density at radius 2 is 2.04 bits per heavy atom. The molecular formula is C17H25NO4S. The standard InChI is InChI=1S/C17H25NO4S/c1-13-8-9-18(15(11-13)16-7-4-10-22-16)17(19)12-23(20,21)14-5-2-3-6-14/h4,7,10,13-15H,2-3,5-6,8-9,11-12H2,1H3/t13-,15-/m1/s1. The lowest BCUT2D eigenvalue weighted by Crippen LogP contribution is -2.44. The highest BCUT2D eigenvalue weighted by molar-refractivity contribution is 7.92. The van der Waals surface area contributed by atoms with Crippen LogP contribution in [-0.2, 0) is 14.6 Å². The van der Waals surface area contributed by atoms with Crippen LogP contribution in [0.2, 0.25) is 0 Å². The lowest BCUT2D eigenvalue weighted by Gasteiger charge is -2.37. The van der Waals surface area contributed by atoms with Crippen molar-refractivity contribution < 1.29 is 17.6 Å². The lowest BCUT2D eigenvalue weighted by molar-refractivity contribution is -0.133. The van der Waals surface area contributed by atoms with Crippen molar-refractivity contribution in [2.75, 3.05) is 12.3 Å². The summed E-state index contributed by atoms with van der Waals surface area (Å²) in [5.74, 6) is 0.623. The molecule has 1 aliphatic heterocycles. The van der Waals surface area contributed by atoms with E-state index in [-0.39, 0.29) is 23.0 Å². The van der Waals surface area contributed by atoms with Gasteiger partial charge in [-0.2, -0.15) is 0 Å². The van der Waals surface area contributed by atoms with Gasteiger partial charge in [0.05, 0.1) is 17.6 Å². The Bertz CT molecular complexity index is 632. The average molecular weight is 339 g/mol. The molecule has 1 aromatic rings. The molecule has 1 aliphatic carbocycles. The number of rotatable bonds is 4. The SMILES string of the molecule is C[C@@H]1CCN(C(=O)CS(=O)(=O)C2CCCC2)[C@@H](c2ccco2)C1. The summed E-state index contributed by atoms with van der Waals surface area (Å²) in [6.45, 7) is 2.76. The monoisotopic (exact) mass is 339 g/mol. The predicted octanol–water partition coefficient (Wildman–Crippen LogP) is 2.94. The van der Waals surface area contributed by atoms with Crippen LogP contribution in [0.25, 0.3) is 0 Å². The summed E-state index contributed by atoms with van der Waals surface area (Å²) in [7, 11) is -3.34. The third-order valence-corrected chi connectivity index (χ3v) is 7.33. The van der Waals surface area contributed by atoms with Crippen LogP contribution in [0.5, 0.6) is 0 Å². The van der Waals surface area contributed by atoms with E-state index >= 15 is 0 Å². The number of nitrogens with zero attached hydrogens (tertiary/aromatic N) is 1. The number of carbonyl (C=O) groups excluding carboxylic acids is 1. The summed E-state index contributed by atoms with van der Waals surface area (Å²) < 4.78 is 30.4. The highest BCUT2D eigenvalue weighted by atomic mass is 32.2. The average Bonchev–Trinajstić information content (AvgIpc) is 3.20. The van der Waals surface area contributed by atoms with Crippen molar-refractivity contribution in [3.8, 4) is 0 Å². The fraction of sp³-hybridized carbons (Fsp3) is 0.706. The zero-order valence-electron chi connectivity index (χ0n) is 13.6. The molecule has 0 spiro atoms. The first-order valence-electron chi connectivity index (χ1n) is 8.52. The molecule has 2 atom stereocenters. The molecular weight excluding hydrogens is 314 g/mol. The van der Waals surface area contributed by atoms with Gasteiger partial charge < -0.3 is 9.32 Å². The largest absolute Gasteiger partial charge is 0.467 e. The molecule has 2 fully saturated rings. The molecule has 2 aliphatic rings. The number of likely N-dealkylation sites (tertiary alicyclic amines) is 1. The summed E-state index contributed by atoms with van der Waals surface area (Å²) in [5, 5.41) is -0.322. The van der Waals surface area contributed by atoms with Crippen molar-refractivity contribution in [2.24, 2.45) is 5.92 Å². The minimum Gasteiger partial charge on any atom is -0.467 e.